The maximum atomic E-state index is 5.99. The molecule has 0 spiro atoms. The lowest BCUT2D eigenvalue weighted by Crippen LogP contribution is -1.92. The van der Waals surface area contributed by atoms with Crippen molar-refractivity contribution in [1.29, 1.82) is 0 Å². The largest absolute Gasteiger partial charge is 0.497 e. The van der Waals surface area contributed by atoms with Gasteiger partial charge in [-0.05, 0) is 37.6 Å². The number of ether oxygens (including phenoxy) is 1. The van der Waals surface area contributed by atoms with E-state index >= 15 is 0 Å². The molecule has 0 heterocycles. The van der Waals surface area contributed by atoms with Crippen molar-refractivity contribution in [2.45, 2.75) is 19.2 Å². The molecule has 0 aliphatic heterocycles. The van der Waals surface area contributed by atoms with E-state index in [0.717, 1.165) is 21.4 Å². The molecular weight excluding hydrogens is 275 g/mol. The Morgan fingerprint density at radius 1 is 1.53 bits per heavy atom. The molecule has 1 rings (SSSR count). The van der Waals surface area contributed by atoms with Gasteiger partial charge >= 0.3 is 0 Å². The van der Waals surface area contributed by atoms with Gasteiger partial charge in [0.05, 0.1) is 12.5 Å². The Bertz CT molecular complexity index is 372. The molecule has 0 N–H and O–H groups in total. The SMILES string of the molecule is COc1ccc(Br)c(/C=C(/C)C(C)Cl)c1. The Morgan fingerprint density at radius 2 is 2.20 bits per heavy atom. The van der Waals surface area contributed by atoms with Crippen molar-refractivity contribution >= 4 is 33.6 Å². The Labute approximate surface area is 104 Å². The van der Waals surface area contributed by atoms with Crippen molar-refractivity contribution in [2.75, 3.05) is 7.11 Å². The second-order valence-corrected chi connectivity index (χ2v) is 4.90. The molecule has 1 unspecified atom stereocenters. The number of rotatable bonds is 3. The molecule has 15 heavy (non-hydrogen) atoms. The van der Waals surface area contributed by atoms with Gasteiger partial charge in [0, 0.05) is 4.47 Å². The zero-order valence-electron chi connectivity index (χ0n) is 9.05. The first-order chi connectivity index (χ1) is 7.04. The number of allylic oxidation sites excluding steroid dienone is 1. The maximum absolute atomic E-state index is 5.99. The minimum Gasteiger partial charge on any atom is -0.497 e. The molecule has 1 aromatic carbocycles. The lowest BCUT2D eigenvalue weighted by atomic mass is 10.1. The van der Waals surface area contributed by atoms with Gasteiger partial charge in [0.25, 0.3) is 0 Å². The van der Waals surface area contributed by atoms with E-state index in [9.17, 15) is 0 Å². The molecule has 0 aromatic heterocycles. The van der Waals surface area contributed by atoms with Gasteiger partial charge in [-0.3, -0.25) is 0 Å². The predicted octanol–water partition coefficient (Wildman–Crippen LogP) is 4.49. The van der Waals surface area contributed by atoms with Crippen LogP contribution in [0.3, 0.4) is 0 Å². The van der Waals surface area contributed by atoms with Crippen molar-refractivity contribution in [3.63, 3.8) is 0 Å². The third-order valence-electron chi connectivity index (χ3n) is 2.21. The van der Waals surface area contributed by atoms with Gasteiger partial charge in [0.15, 0.2) is 0 Å². The molecule has 3 heteroatoms. The standard InChI is InChI=1S/C12H14BrClO/c1-8(9(2)14)6-10-7-11(15-3)4-5-12(10)13/h4-7,9H,1-3H3/b8-6-. The van der Waals surface area contributed by atoms with Gasteiger partial charge in [-0.1, -0.05) is 27.6 Å². The van der Waals surface area contributed by atoms with Crippen LogP contribution in [-0.2, 0) is 0 Å². The Balaban J connectivity index is 3.08. The van der Waals surface area contributed by atoms with Gasteiger partial charge in [0.2, 0.25) is 0 Å². The zero-order chi connectivity index (χ0) is 11.4. The molecule has 0 aliphatic carbocycles. The van der Waals surface area contributed by atoms with Gasteiger partial charge in [-0.15, -0.1) is 11.6 Å². The summed E-state index contributed by atoms with van der Waals surface area (Å²) in [7, 11) is 1.66. The van der Waals surface area contributed by atoms with E-state index in [1.54, 1.807) is 7.11 Å². The van der Waals surface area contributed by atoms with Gasteiger partial charge in [0.1, 0.15) is 5.75 Å². The first-order valence-corrected chi connectivity index (χ1v) is 5.93. The van der Waals surface area contributed by atoms with Crippen LogP contribution >= 0.6 is 27.5 Å². The van der Waals surface area contributed by atoms with E-state index in [1.807, 2.05) is 32.0 Å². The molecule has 0 fully saturated rings. The number of hydrogen-bond acceptors (Lipinski definition) is 1. The summed E-state index contributed by atoms with van der Waals surface area (Å²) in [5, 5.41) is 0.0445. The molecule has 0 amide bonds. The number of hydrogen-bond donors (Lipinski definition) is 0. The first-order valence-electron chi connectivity index (χ1n) is 4.70. The van der Waals surface area contributed by atoms with Crippen LogP contribution in [0, 0.1) is 0 Å². The van der Waals surface area contributed by atoms with Crippen molar-refractivity contribution < 1.29 is 4.74 Å². The van der Waals surface area contributed by atoms with Crippen LogP contribution in [0.1, 0.15) is 19.4 Å². The molecule has 1 aromatic rings. The van der Waals surface area contributed by atoms with Crippen LogP contribution in [0.15, 0.2) is 28.2 Å². The number of halogens is 2. The molecular formula is C12H14BrClO. The predicted molar refractivity (Wildman–Crippen MR) is 69.7 cm³/mol. The summed E-state index contributed by atoms with van der Waals surface area (Å²) in [6.07, 6.45) is 2.06. The van der Waals surface area contributed by atoms with E-state index in [-0.39, 0.29) is 5.38 Å². The molecule has 82 valence electrons. The average Bonchev–Trinajstić information content (AvgIpc) is 2.21. The number of methoxy groups -OCH3 is 1. The van der Waals surface area contributed by atoms with Crippen molar-refractivity contribution in [3.8, 4) is 5.75 Å². The lowest BCUT2D eigenvalue weighted by molar-refractivity contribution is 0.414. The summed E-state index contributed by atoms with van der Waals surface area (Å²) in [6.45, 7) is 3.98. The quantitative estimate of drug-likeness (QED) is 0.745. The molecule has 0 saturated carbocycles. The Kier molecular flexibility index (Phi) is 4.68. The van der Waals surface area contributed by atoms with Crippen molar-refractivity contribution in [2.24, 2.45) is 0 Å². The second kappa shape index (κ2) is 5.57. The summed E-state index contributed by atoms with van der Waals surface area (Å²) in [6, 6.07) is 5.87. The Morgan fingerprint density at radius 3 is 2.73 bits per heavy atom. The van der Waals surface area contributed by atoms with Gasteiger partial charge in [-0.2, -0.15) is 0 Å². The fraction of sp³-hybridized carbons (Fsp3) is 0.333. The second-order valence-electron chi connectivity index (χ2n) is 3.39. The minimum atomic E-state index is 0.0445. The van der Waals surface area contributed by atoms with Crippen LogP contribution < -0.4 is 4.74 Å². The summed E-state index contributed by atoms with van der Waals surface area (Å²) in [5.41, 5.74) is 2.21. The lowest BCUT2D eigenvalue weighted by Gasteiger charge is -2.06. The summed E-state index contributed by atoms with van der Waals surface area (Å²) in [5.74, 6) is 0.847. The normalized spacial score (nSPS) is 13.8. The van der Waals surface area contributed by atoms with E-state index < -0.39 is 0 Å². The summed E-state index contributed by atoms with van der Waals surface area (Å²) >= 11 is 9.48. The molecule has 0 radical (unpaired) electrons. The van der Waals surface area contributed by atoms with Crippen molar-refractivity contribution in [1.82, 2.24) is 0 Å². The van der Waals surface area contributed by atoms with Crippen LogP contribution in [0.2, 0.25) is 0 Å². The van der Waals surface area contributed by atoms with E-state index in [2.05, 4.69) is 22.0 Å². The van der Waals surface area contributed by atoms with Crippen LogP contribution in [0.4, 0.5) is 0 Å². The molecule has 0 aliphatic rings. The minimum absolute atomic E-state index is 0.0445. The first kappa shape index (κ1) is 12.6. The summed E-state index contributed by atoms with van der Waals surface area (Å²) in [4.78, 5) is 0. The van der Waals surface area contributed by atoms with Gasteiger partial charge < -0.3 is 4.74 Å². The highest BCUT2D eigenvalue weighted by Crippen LogP contribution is 2.25. The third kappa shape index (κ3) is 3.54. The van der Waals surface area contributed by atoms with Crippen LogP contribution in [0.25, 0.3) is 6.08 Å². The molecule has 0 saturated heterocycles. The third-order valence-corrected chi connectivity index (χ3v) is 3.28. The highest BCUT2D eigenvalue weighted by Gasteiger charge is 2.03. The fourth-order valence-corrected chi connectivity index (χ4v) is 1.54. The smallest absolute Gasteiger partial charge is 0.119 e. The number of benzene rings is 1. The highest BCUT2D eigenvalue weighted by molar-refractivity contribution is 9.10. The number of alkyl halides is 1. The van der Waals surface area contributed by atoms with E-state index in [1.165, 1.54) is 0 Å². The fourth-order valence-electron chi connectivity index (χ4n) is 1.12. The van der Waals surface area contributed by atoms with Gasteiger partial charge in [-0.25, -0.2) is 0 Å². The highest BCUT2D eigenvalue weighted by atomic mass is 79.9. The zero-order valence-corrected chi connectivity index (χ0v) is 11.4. The van der Waals surface area contributed by atoms with Crippen LogP contribution in [0.5, 0.6) is 5.75 Å². The van der Waals surface area contributed by atoms with E-state index in [4.69, 9.17) is 16.3 Å². The average molecular weight is 290 g/mol. The molecule has 1 nitrogen and oxygen atoms in total. The van der Waals surface area contributed by atoms with E-state index in [0.29, 0.717) is 0 Å². The Hall–Kier alpha value is -0.470. The molecule has 1 atom stereocenters. The van der Waals surface area contributed by atoms with Crippen molar-refractivity contribution in [3.05, 3.63) is 33.8 Å². The van der Waals surface area contributed by atoms with Crippen LogP contribution in [-0.4, -0.2) is 12.5 Å². The summed E-state index contributed by atoms with van der Waals surface area (Å²) < 4.78 is 6.21. The topological polar surface area (TPSA) is 9.23 Å². The monoisotopic (exact) mass is 288 g/mol. The molecule has 0 bridgehead atoms. The maximum Gasteiger partial charge on any atom is 0.119 e.